The highest BCUT2D eigenvalue weighted by Crippen LogP contribution is 2.46. The van der Waals surface area contributed by atoms with Crippen LogP contribution in [0.5, 0.6) is 0 Å². The Morgan fingerprint density at radius 2 is 0.833 bits per heavy atom. The van der Waals surface area contributed by atoms with Gasteiger partial charge in [-0.15, -0.1) is 0 Å². The molecule has 8 rings (SSSR count). The molecule has 8 aromatic rings. The molecule has 6 aromatic carbocycles. The second-order valence-corrected chi connectivity index (χ2v) is 10.6. The minimum absolute atomic E-state index is 0.969. The molecule has 0 fully saturated rings. The molecule has 0 aliphatic rings. The van der Waals surface area contributed by atoms with Gasteiger partial charge in [-0.25, -0.2) is 0 Å². The summed E-state index contributed by atoms with van der Waals surface area (Å²) in [6.07, 6.45) is 3.87. The Hall–Kier alpha value is -5.60. The van der Waals surface area contributed by atoms with E-state index in [1.165, 1.54) is 43.4 Å². The molecule has 2 heterocycles. The molecule has 0 radical (unpaired) electrons. The molecule has 0 amide bonds. The number of hydrogen-bond donors (Lipinski definition) is 0. The molecule has 0 saturated carbocycles. The third-order valence-electron chi connectivity index (χ3n) is 8.15. The molecule has 0 spiro atoms. The van der Waals surface area contributed by atoms with Gasteiger partial charge in [0, 0.05) is 23.5 Å². The maximum atomic E-state index is 4.75. The molecule has 196 valence electrons. The maximum absolute atomic E-state index is 4.75. The second kappa shape index (κ2) is 10.1. The van der Waals surface area contributed by atoms with Crippen molar-refractivity contribution in [3.05, 3.63) is 158 Å². The number of rotatable bonds is 4. The quantitative estimate of drug-likeness (QED) is 0.166. The van der Waals surface area contributed by atoms with Crippen LogP contribution in [-0.2, 0) is 0 Å². The Kier molecular flexibility index (Phi) is 5.82. The third-order valence-corrected chi connectivity index (χ3v) is 8.15. The lowest BCUT2D eigenvalue weighted by molar-refractivity contribution is 1.33. The molecule has 0 aliphatic carbocycles. The van der Waals surface area contributed by atoms with Gasteiger partial charge in [-0.05, 0) is 78.8 Å². The molecule has 0 unspecified atom stereocenters. The molecular formula is C40H26N2. The van der Waals surface area contributed by atoms with E-state index < -0.39 is 0 Å². The fraction of sp³-hybridized carbons (Fsp3) is 0. The highest BCUT2D eigenvalue weighted by Gasteiger charge is 2.19. The van der Waals surface area contributed by atoms with Crippen LogP contribution >= 0.6 is 0 Å². The van der Waals surface area contributed by atoms with E-state index in [-0.39, 0.29) is 0 Å². The largest absolute Gasteiger partial charge is 0.256 e. The standard InChI is InChI=1S/C40H26N2/c1-3-12-28(13-4-1)36-25-30(21-23-41-36)38-33-17-9-10-18-34(33)39(40-32-16-8-7-11-27(32)19-20-35(38)40)31-22-24-42-37(26-31)29-14-5-2-6-15-29/h1-26H. The average molecular weight is 535 g/mol. The van der Waals surface area contributed by atoms with Gasteiger partial charge in [-0.1, -0.05) is 121 Å². The van der Waals surface area contributed by atoms with Crippen LogP contribution in [0.25, 0.3) is 77.1 Å². The first-order valence-corrected chi connectivity index (χ1v) is 14.2. The fourth-order valence-corrected chi connectivity index (χ4v) is 6.26. The lowest BCUT2D eigenvalue weighted by atomic mass is 9.84. The van der Waals surface area contributed by atoms with Gasteiger partial charge >= 0.3 is 0 Å². The zero-order valence-electron chi connectivity index (χ0n) is 22.9. The minimum Gasteiger partial charge on any atom is -0.256 e. The van der Waals surface area contributed by atoms with E-state index in [0.717, 1.165) is 33.6 Å². The first-order chi connectivity index (χ1) is 20.8. The van der Waals surface area contributed by atoms with E-state index in [2.05, 4.69) is 133 Å². The molecule has 0 bridgehead atoms. The normalized spacial score (nSPS) is 11.3. The van der Waals surface area contributed by atoms with Crippen molar-refractivity contribution in [3.63, 3.8) is 0 Å². The van der Waals surface area contributed by atoms with Crippen molar-refractivity contribution >= 4 is 32.3 Å². The summed E-state index contributed by atoms with van der Waals surface area (Å²) >= 11 is 0. The van der Waals surface area contributed by atoms with Gasteiger partial charge < -0.3 is 0 Å². The predicted octanol–water partition coefficient (Wildman–Crippen LogP) is 10.6. The molecule has 2 aromatic heterocycles. The van der Waals surface area contributed by atoms with Crippen molar-refractivity contribution in [2.75, 3.05) is 0 Å². The van der Waals surface area contributed by atoms with Crippen molar-refractivity contribution in [1.82, 2.24) is 9.97 Å². The Morgan fingerprint density at radius 3 is 1.45 bits per heavy atom. The smallest absolute Gasteiger partial charge is 0.0708 e. The highest BCUT2D eigenvalue weighted by molar-refractivity contribution is 6.28. The van der Waals surface area contributed by atoms with Crippen molar-refractivity contribution in [3.8, 4) is 44.8 Å². The summed E-state index contributed by atoms with van der Waals surface area (Å²) in [5, 5.41) is 7.39. The lowest BCUT2D eigenvalue weighted by Crippen LogP contribution is -1.94. The van der Waals surface area contributed by atoms with Crippen LogP contribution in [0.15, 0.2) is 158 Å². The van der Waals surface area contributed by atoms with Crippen LogP contribution in [-0.4, -0.2) is 9.97 Å². The Balaban J connectivity index is 1.49. The van der Waals surface area contributed by atoms with E-state index in [9.17, 15) is 0 Å². The monoisotopic (exact) mass is 534 g/mol. The molecular weight excluding hydrogens is 508 g/mol. The summed E-state index contributed by atoms with van der Waals surface area (Å²) in [6, 6.07) is 51.6. The number of pyridine rings is 2. The molecule has 0 saturated heterocycles. The van der Waals surface area contributed by atoms with Crippen molar-refractivity contribution < 1.29 is 0 Å². The van der Waals surface area contributed by atoms with Gasteiger partial charge in [0.25, 0.3) is 0 Å². The maximum Gasteiger partial charge on any atom is 0.0708 e. The van der Waals surface area contributed by atoms with Crippen LogP contribution in [0.3, 0.4) is 0 Å². The summed E-state index contributed by atoms with van der Waals surface area (Å²) < 4.78 is 0. The van der Waals surface area contributed by atoms with Crippen LogP contribution in [0.2, 0.25) is 0 Å². The summed E-state index contributed by atoms with van der Waals surface area (Å²) in [5.41, 5.74) is 8.94. The van der Waals surface area contributed by atoms with Crippen molar-refractivity contribution in [1.29, 1.82) is 0 Å². The summed E-state index contributed by atoms with van der Waals surface area (Å²) in [5.74, 6) is 0. The van der Waals surface area contributed by atoms with Gasteiger partial charge in [-0.2, -0.15) is 0 Å². The van der Waals surface area contributed by atoms with E-state index in [1.54, 1.807) is 0 Å². The molecule has 2 nitrogen and oxygen atoms in total. The average Bonchev–Trinajstić information content (AvgIpc) is 3.08. The molecule has 0 N–H and O–H groups in total. The third kappa shape index (κ3) is 4.05. The zero-order valence-corrected chi connectivity index (χ0v) is 22.9. The van der Waals surface area contributed by atoms with Gasteiger partial charge in [0.2, 0.25) is 0 Å². The SMILES string of the molecule is c1ccc(-c2cc(-c3c4ccccc4c(-c4ccnc(-c5ccccc5)c4)c4c3ccc3ccccc34)ccn2)cc1. The Morgan fingerprint density at radius 1 is 0.333 bits per heavy atom. The molecule has 0 atom stereocenters. The highest BCUT2D eigenvalue weighted by atomic mass is 14.7. The van der Waals surface area contributed by atoms with Crippen LogP contribution in [0.4, 0.5) is 0 Å². The number of hydrogen-bond acceptors (Lipinski definition) is 2. The first kappa shape index (κ1) is 24.2. The van der Waals surface area contributed by atoms with Gasteiger partial charge in [-0.3, -0.25) is 9.97 Å². The van der Waals surface area contributed by atoms with Gasteiger partial charge in [0.05, 0.1) is 11.4 Å². The van der Waals surface area contributed by atoms with E-state index in [1.807, 2.05) is 24.5 Å². The van der Waals surface area contributed by atoms with Crippen LogP contribution < -0.4 is 0 Å². The zero-order chi connectivity index (χ0) is 27.9. The first-order valence-electron chi connectivity index (χ1n) is 14.2. The lowest BCUT2D eigenvalue weighted by Gasteiger charge is -2.20. The van der Waals surface area contributed by atoms with Crippen molar-refractivity contribution in [2.45, 2.75) is 0 Å². The second-order valence-electron chi connectivity index (χ2n) is 10.6. The molecule has 2 heteroatoms. The number of fused-ring (bicyclic) bond motifs is 4. The molecule has 0 aliphatic heterocycles. The number of nitrogens with zero attached hydrogens (tertiary/aromatic N) is 2. The Bertz CT molecular complexity index is 2240. The fourth-order valence-electron chi connectivity index (χ4n) is 6.26. The number of aromatic nitrogens is 2. The summed E-state index contributed by atoms with van der Waals surface area (Å²) in [6.45, 7) is 0. The topological polar surface area (TPSA) is 25.8 Å². The molecule has 42 heavy (non-hydrogen) atoms. The van der Waals surface area contributed by atoms with Gasteiger partial charge in [0.15, 0.2) is 0 Å². The Labute approximate surface area is 244 Å². The van der Waals surface area contributed by atoms with Gasteiger partial charge in [0.1, 0.15) is 0 Å². The summed E-state index contributed by atoms with van der Waals surface area (Å²) in [4.78, 5) is 9.50. The minimum atomic E-state index is 0.969. The van der Waals surface area contributed by atoms with Crippen molar-refractivity contribution in [2.24, 2.45) is 0 Å². The summed E-state index contributed by atoms with van der Waals surface area (Å²) in [7, 11) is 0. The van der Waals surface area contributed by atoms with E-state index in [4.69, 9.17) is 9.97 Å². The van der Waals surface area contributed by atoms with Crippen LogP contribution in [0.1, 0.15) is 0 Å². The number of benzene rings is 6. The predicted molar refractivity (Wildman–Crippen MR) is 176 cm³/mol. The van der Waals surface area contributed by atoms with E-state index in [0.29, 0.717) is 0 Å². The van der Waals surface area contributed by atoms with E-state index >= 15 is 0 Å². The van der Waals surface area contributed by atoms with Crippen LogP contribution in [0, 0.1) is 0 Å².